The van der Waals surface area contributed by atoms with Crippen LogP contribution < -0.4 is 0 Å². The third-order valence-corrected chi connectivity index (χ3v) is 19.9. The molecule has 1 aromatic rings. The number of carbonyl (C=O) groups excluding carboxylic acids is 2. The van der Waals surface area contributed by atoms with Crippen LogP contribution in [0, 0.1) is 11.8 Å². The lowest BCUT2D eigenvalue weighted by Crippen LogP contribution is -2.45. The van der Waals surface area contributed by atoms with Crippen LogP contribution in [0.25, 0.3) is 0 Å². The summed E-state index contributed by atoms with van der Waals surface area (Å²) in [6.45, 7) is 23.2. The highest BCUT2D eigenvalue weighted by Gasteiger charge is 2.51. The Labute approximate surface area is 282 Å². The Morgan fingerprint density at radius 1 is 0.804 bits per heavy atom. The van der Waals surface area contributed by atoms with Crippen LogP contribution in [-0.4, -0.2) is 59.1 Å². The molecule has 264 valence electrons. The van der Waals surface area contributed by atoms with Gasteiger partial charge in [-0.1, -0.05) is 91.1 Å². The minimum atomic E-state index is -2.08. The van der Waals surface area contributed by atoms with Gasteiger partial charge in [0.25, 0.3) is 0 Å². The molecule has 0 aliphatic heterocycles. The second-order valence-electron chi connectivity index (χ2n) is 16.5. The summed E-state index contributed by atoms with van der Waals surface area (Å²) >= 11 is 0. The molecule has 5 atom stereocenters. The third-order valence-electron chi connectivity index (χ3n) is 10.8. The van der Waals surface area contributed by atoms with E-state index in [1.165, 1.54) is 7.11 Å². The molecule has 0 radical (unpaired) electrons. The fourth-order valence-corrected chi connectivity index (χ4v) is 8.66. The first-order valence-corrected chi connectivity index (χ1v) is 23.4. The van der Waals surface area contributed by atoms with E-state index in [0.717, 1.165) is 50.5 Å². The highest BCUT2D eigenvalue weighted by molar-refractivity contribution is 6.74. The van der Waals surface area contributed by atoms with E-state index in [0.29, 0.717) is 18.8 Å². The van der Waals surface area contributed by atoms with Crippen molar-refractivity contribution in [1.82, 2.24) is 0 Å². The maximum atomic E-state index is 12.6. The Morgan fingerprint density at radius 2 is 1.33 bits per heavy atom. The molecule has 3 unspecified atom stereocenters. The van der Waals surface area contributed by atoms with E-state index in [1.54, 1.807) is 0 Å². The molecule has 0 heterocycles. The Kier molecular flexibility index (Phi) is 15.7. The normalized spacial score (nSPS) is 21.7. The van der Waals surface area contributed by atoms with Gasteiger partial charge in [-0.05, 0) is 85.8 Å². The molecule has 1 N–H and O–H groups in total. The van der Waals surface area contributed by atoms with Crippen molar-refractivity contribution in [3.8, 4) is 0 Å². The Morgan fingerprint density at radius 3 is 1.85 bits per heavy atom. The summed E-state index contributed by atoms with van der Waals surface area (Å²) in [7, 11) is -2.69. The number of ether oxygens (including phenoxy) is 2. The second-order valence-corrected chi connectivity index (χ2v) is 26.0. The predicted octanol–water partition coefficient (Wildman–Crippen LogP) is 9.19. The molecule has 1 aromatic carbocycles. The van der Waals surface area contributed by atoms with Gasteiger partial charge in [0.15, 0.2) is 16.6 Å². The summed E-state index contributed by atoms with van der Waals surface area (Å²) in [6.07, 6.45) is 6.97. The molecule has 1 aliphatic carbocycles. The number of methoxy groups -OCH3 is 1. The van der Waals surface area contributed by atoms with Gasteiger partial charge in [0.05, 0.1) is 31.8 Å². The molecule has 0 amide bonds. The fraction of sp³-hybridized carbons (Fsp3) is 0.784. The van der Waals surface area contributed by atoms with Gasteiger partial charge in [-0.25, -0.2) is 0 Å². The fourth-order valence-electron chi connectivity index (χ4n) is 5.89. The molecule has 1 aliphatic rings. The minimum absolute atomic E-state index is 0.0118. The first kappa shape index (κ1) is 40.6. The van der Waals surface area contributed by atoms with E-state index in [2.05, 4.69) is 67.7 Å². The summed E-state index contributed by atoms with van der Waals surface area (Å²) < 4.78 is 24.6. The first-order valence-electron chi connectivity index (χ1n) is 17.6. The summed E-state index contributed by atoms with van der Waals surface area (Å²) in [5.41, 5.74) is 0.933. The number of aliphatic hydroxyl groups is 1. The van der Waals surface area contributed by atoms with Crippen molar-refractivity contribution in [2.24, 2.45) is 11.8 Å². The zero-order chi connectivity index (χ0) is 34.8. The predicted molar refractivity (Wildman–Crippen MR) is 192 cm³/mol. The van der Waals surface area contributed by atoms with Crippen molar-refractivity contribution in [3.05, 3.63) is 35.9 Å². The lowest BCUT2D eigenvalue weighted by Gasteiger charge is -2.40. The van der Waals surface area contributed by atoms with Crippen LogP contribution in [0.3, 0.4) is 0 Å². The summed E-state index contributed by atoms with van der Waals surface area (Å²) in [4.78, 5) is 24.2. The van der Waals surface area contributed by atoms with Crippen molar-refractivity contribution in [2.45, 2.75) is 167 Å². The summed E-state index contributed by atoms with van der Waals surface area (Å²) in [6, 6.07) is 9.62. The summed E-state index contributed by atoms with van der Waals surface area (Å²) in [5, 5.41) is 11.2. The van der Waals surface area contributed by atoms with Crippen LogP contribution in [0.2, 0.25) is 36.3 Å². The van der Waals surface area contributed by atoms with Gasteiger partial charge in [0, 0.05) is 6.42 Å². The number of carbonyl (C=O) groups is 2. The van der Waals surface area contributed by atoms with Crippen molar-refractivity contribution in [2.75, 3.05) is 7.11 Å². The van der Waals surface area contributed by atoms with E-state index in [9.17, 15) is 14.7 Å². The smallest absolute Gasteiger partial charge is 0.308 e. The molecule has 0 saturated heterocycles. The molecule has 9 heteroatoms. The van der Waals surface area contributed by atoms with Crippen LogP contribution in [0.15, 0.2) is 30.3 Å². The number of hydrogen-bond donors (Lipinski definition) is 1. The molecule has 1 saturated carbocycles. The number of benzene rings is 1. The van der Waals surface area contributed by atoms with E-state index in [1.807, 2.05) is 30.3 Å². The minimum Gasteiger partial charge on any atom is -0.469 e. The Balaban J connectivity index is 2.21. The zero-order valence-corrected chi connectivity index (χ0v) is 32.9. The number of aliphatic hydroxyl groups excluding tert-OH is 1. The van der Waals surface area contributed by atoms with Crippen molar-refractivity contribution >= 4 is 28.6 Å². The van der Waals surface area contributed by atoms with Crippen molar-refractivity contribution in [3.63, 3.8) is 0 Å². The molecular formula is C37H66O7Si2. The number of hydrogen-bond acceptors (Lipinski definition) is 7. The SMILES string of the molecule is COC(=O)CCCCCC[C@H]1C(O[Si](C)(C)C(C)(C)C)CC(O[Si](C)(C)C(C)(C)C)[C@@H]1CCC(O)CC(=O)OCc1ccccc1. The van der Waals surface area contributed by atoms with Crippen LogP contribution >= 0.6 is 0 Å². The number of unbranched alkanes of at least 4 members (excludes halogenated alkanes) is 3. The van der Waals surface area contributed by atoms with E-state index in [4.69, 9.17) is 18.3 Å². The monoisotopic (exact) mass is 678 g/mol. The molecule has 1 fully saturated rings. The Hall–Kier alpha value is -1.53. The molecule has 46 heavy (non-hydrogen) atoms. The maximum absolute atomic E-state index is 12.6. The largest absolute Gasteiger partial charge is 0.469 e. The van der Waals surface area contributed by atoms with Crippen molar-refractivity contribution < 1.29 is 33.0 Å². The molecule has 7 nitrogen and oxygen atoms in total. The van der Waals surface area contributed by atoms with Crippen LogP contribution in [0.5, 0.6) is 0 Å². The average molecular weight is 679 g/mol. The molecule has 0 spiro atoms. The van der Waals surface area contributed by atoms with E-state index >= 15 is 0 Å². The topological polar surface area (TPSA) is 91.3 Å². The van der Waals surface area contributed by atoms with Gasteiger partial charge in [-0.2, -0.15) is 0 Å². The van der Waals surface area contributed by atoms with Crippen LogP contribution in [0.4, 0.5) is 0 Å². The van der Waals surface area contributed by atoms with Gasteiger partial charge < -0.3 is 23.4 Å². The zero-order valence-electron chi connectivity index (χ0n) is 30.9. The highest BCUT2D eigenvalue weighted by atomic mass is 28.4. The van der Waals surface area contributed by atoms with E-state index in [-0.39, 0.29) is 53.2 Å². The summed E-state index contributed by atoms with van der Waals surface area (Å²) in [5.74, 6) is 0.0157. The number of rotatable bonds is 18. The average Bonchev–Trinajstić information content (AvgIpc) is 3.25. The van der Waals surface area contributed by atoms with Gasteiger partial charge >= 0.3 is 11.9 Å². The lowest BCUT2D eigenvalue weighted by atomic mass is 9.84. The molecular weight excluding hydrogens is 613 g/mol. The number of esters is 2. The van der Waals surface area contributed by atoms with Gasteiger partial charge in [-0.3, -0.25) is 9.59 Å². The first-order chi connectivity index (χ1) is 21.3. The second kappa shape index (κ2) is 17.7. The molecule has 0 aromatic heterocycles. The van der Waals surface area contributed by atoms with Crippen molar-refractivity contribution in [1.29, 1.82) is 0 Å². The van der Waals surface area contributed by atoms with Gasteiger partial charge in [0.2, 0.25) is 0 Å². The molecule has 0 bridgehead atoms. The molecule has 2 rings (SSSR count). The van der Waals surface area contributed by atoms with Gasteiger partial charge in [-0.15, -0.1) is 0 Å². The Bertz CT molecular complexity index is 1060. The van der Waals surface area contributed by atoms with Crippen LogP contribution in [0.1, 0.15) is 111 Å². The van der Waals surface area contributed by atoms with Crippen LogP contribution in [-0.2, 0) is 34.5 Å². The third kappa shape index (κ3) is 12.8. The standard InChI is InChI=1S/C37H66O7Si2/c1-36(2,3)45(8,9)43-32-26-33(44-46(10,11)37(4,5)6)31(30(32)21-17-12-13-18-22-34(39)41-7)24-23-29(38)25-35(40)42-27-28-19-15-14-16-20-28/h14-16,19-20,29-33,38H,12-13,17-18,21-27H2,1-11H3/t29?,30-,31-,32?,33?/m1/s1. The highest BCUT2D eigenvalue weighted by Crippen LogP contribution is 2.49. The quantitative estimate of drug-likeness (QED) is 0.0940. The maximum Gasteiger partial charge on any atom is 0.308 e. The van der Waals surface area contributed by atoms with E-state index < -0.39 is 22.7 Å². The lowest BCUT2D eigenvalue weighted by molar-refractivity contribution is -0.147. The van der Waals surface area contributed by atoms with Gasteiger partial charge in [0.1, 0.15) is 6.61 Å².